The van der Waals surface area contributed by atoms with Crippen molar-refractivity contribution >= 4 is 8.80 Å². The molecular weight excluding hydrogens is 334 g/mol. The highest BCUT2D eigenvalue weighted by atomic mass is 28.3. The minimum absolute atomic E-state index is 0.363. The predicted octanol–water partition coefficient (Wildman–Crippen LogP) is 6.20. The molecule has 1 heterocycles. The Morgan fingerprint density at radius 1 is 0.960 bits per heavy atom. The van der Waals surface area contributed by atoms with Crippen LogP contribution >= 0.6 is 0 Å². The molecule has 3 rings (SSSR count). The van der Waals surface area contributed by atoms with Crippen molar-refractivity contribution in [3.63, 3.8) is 0 Å². The van der Waals surface area contributed by atoms with Crippen LogP contribution in [0.15, 0.2) is 18.2 Å². The molecule has 2 fully saturated rings. The van der Waals surface area contributed by atoms with Gasteiger partial charge in [0.1, 0.15) is 5.75 Å². The van der Waals surface area contributed by atoms with Crippen LogP contribution < -0.4 is 4.74 Å². The van der Waals surface area contributed by atoms with E-state index in [4.69, 9.17) is 4.74 Å². The van der Waals surface area contributed by atoms with Crippen LogP contribution in [0.5, 0.6) is 5.75 Å². The van der Waals surface area contributed by atoms with Crippen LogP contribution in [0, 0.1) is 29.4 Å². The summed E-state index contributed by atoms with van der Waals surface area (Å²) >= 11 is 0. The first-order valence-corrected chi connectivity index (χ1v) is 12.7. The van der Waals surface area contributed by atoms with Gasteiger partial charge in [0.15, 0.2) is 11.6 Å². The fourth-order valence-electron chi connectivity index (χ4n) is 4.96. The molecule has 25 heavy (non-hydrogen) atoms. The lowest BCUT2D eigenvalue weighted by Gasteiger charge is -2.37. The minimum atomic E-state index is -0.830. The number of halogens is 2. The normalized spacial score (nSPS) is 30.2. The van der Waals surface area contributed by atoms with Gasteiger partial charge in [0.25, 0.3) is 0 Å². The van der Waals surface area contributed by atoms with E-state index < -0.39 is 11.6 Å². The number of hydrogen-bond acceptors (Lipinski definition) is 1. The summed E-state index contributed by atoms with van der Waals surface area (Å²) in [6.45, 7) is 2.97. The zero-order valence-corrected chi connectivity index (χ0v) is 16.6. The topological polar surface area (TPSA) is 9.23 Å². The summed E-state index contributed by atoms with van der Waals surface area (Å²) in [6, 6.07) is 8.53. The van der Waals surface area contributed by atoms with Crippen molar-refractivity contribution in [3.05, 3.63) is 29.8 Å². The minimum Gasteiger partial charge on any atom is -0.493 e. The Morgan fingerprint density at radius 2 is 1.64 bits per heavy atom. The maximum atomic E-state index is 13.2. The van der Waals surface area contributed by atoms with E-state index in [1.807, 2.05) is 0 Å². The SMILES string of the molecule is CCC[SiH]1CCC([C@H]2CC[C@H](COc3ccc(F)c(F)c3)CC2)CC1. The van der Waals surface area contributed by atoms with Gasteiger partial charge in [0, 0.05) is 14.9 Å². The monoisotopic (exact) mass is 366 g/mol. The molecule has 1 aliphatic carbocycles. The fraction of sp³-hybridized carbons (Fsp3) is 0.714. The lowest BCUT2D eigenvalue weighted by atomic mass is 9.74. The first kappa shape index (κ1) is 18.9. The quantitative estimate of drug-likeness (QED) is 0.545. The summed E-state index contributed by atoms with van der Waals surface area (Å²) in [7, 11) is -0.363. The summed E-state index contributed by atoms with van der Waals surface area (Å²) in [6.07, 6.45) is 9.49. The Kier molecular flexibility index (Phi) is 6.91. The van der Waals surface area contributed by atoms with Gasteiger partial charge in [0.2, 0.25) is 0 Å². The Labute approximate surface area is 152 Å². The second-order valence-corrected chi connectivity index (χ2v) is 11.7. The van der Waals surface area contributed by atoms with Crippen LogP contribution in [0.25, 0.3) is 0 Å². The smallest absolute Gasteiger partial charge is 0.162 e. The van der Waals surface area contributed by atoms with Gasteiger partial charge >= 0.3 is 0 Å². The third kappa shape index (κ3) is 5.29. The summed E-state index contributed by atoms with van der Waals surface area (Å²) < 4.78 is 31.9. The number of benzene rings is 1. The van der Waals surface area contributed by atoms with Gasteiger partial charge in [-0.3, -0.25) is 0 Å². The summed E-state index contributed by atoms with van der Waals surface area (Å²) in [5.74, 6) is 1.27. The second-order valence-electron chi connectivity index (χ2n) is 8.24. The van der Waals surface area contributed by atoms with E-state index >= 15 is 0 Å². The zero-order chi connectivity index (χ0) is 17.6. The lowest BCUT2D eigenvalue weighted by Crippen LogP contribution is -2.29. The zero-order valence-electron chi connectivity index (χ0n) is 15.5. The third-order valence-corrected chi connectivity index (χ3v) is 10.2. The summed E-state index contributed by atoms with van der Waals surface area (Å²) in [4.78, 5) is 0. The molecule has 0 radical (unpaired) electrons. The van der Waals surface area contributed by atoms with Crippen LogP contribution in [0.3, 0.4) is 0 Å². The maximum Gasteiger partial charge on any atom is 0.162 e. The Hall–Kier alpha value is -0.903. The van der Waals surface area contributed by atoms with Crippen molar-refractivity contribution in [3.8, 4) is 5.75 Å². The molecular formula is C21H32F2OSi. The molecule has 4 heteroatoms. The van der Waals surface area contributed by atoms with Gasteiger partial charge in [-0.15, -0.1) is 0 Å². The van der Waals surface area contributed by atoms with E-state index in [1.54, 1.807) is 18.1 Å². The van der Waals surface area contributed by atoms with Crippen molar-refractivity contribution < 1.29 is 13.5 Å². The molecule has 0 amide bonds. The van der Waals surface area contributed by atoms with Gasteiger partial charge < -0.3 is 4.74 Å². The summed E-state index contributed by atoms with van der Waals surface area (Å²) in [5.41, 5.74) is 0. The fourth-order valence-corrected chi connectivity index (χ4v) is 8.45. The van der Waals surface area contributed by atoms with Gasteiger partial charge in [-0.05, 0) is 55.6 Å². The Balaban J connectivity index is 1.38. The largest absolute Gasteiger partial charge is 0.493 e. The second kappa shape index (κ2) is 9.16. The highest BCUT2D eigenvalue weighted by Gasteiger charge is 2.31. The van der Waals surface area contributed by atoms with Crippen LogP contribution in [0.4, 0.5) is 8.78 Å². The van der Waals surface area contributed by atoms with E-state index in [0.717, 1.165) is 24.0 Å². The molecule has 0 atom stereocenters. The van der Waals surface area contributed by atoms with Crippen molar-refractivity contribution in [2.24, 2.45) is 17.8 Å². The van der Waals surface area contributed by atoms with Gasteiger partial charge in [-0.1, -0.05) is 44.3 Å². The van der Waals surface area contributed by atoms with Gasteiger partial charge in [-0.2, -0.15) is 0 Å². The van der Waals surface area contributed by atoms with E-state index in [9.17, 15) is 8.78 Å². The van der Waals surface area contributed by atoms with E-state index in [1.165, 1.54) is 51.0 Å². The van der Waals surface area contributed by atoms with Crippen molar-refractivity contribution in [1.29, 1.82) is 0 Å². The average Bonchev–Trinajstić information content (AvgIpc) is 2.64. The van der Waals surface area contributed by atoms with Gasteiger partial charge in [-0.25, -0.2) is 8.78 Å². The standard InChI is InChI=1S/C21H32F2OSi/c1-2-11-25-12-9-18(10-13-25)17-5-3-16(4-6-17)15-24-19-7-8-20(22)21(23)14-19/h7-8,14,16-18,25H,2-6,9-13,15H2,1H3/t16-,17-,18?,25?. The van der Waals surface area contributed by atoms with E-state index in [2.05, 4.69) is 6.92 Å². The van der Waals surface area contributed by atoms with Crippen LogP contribution in [0.2, 0.25) is 18.1 Å². The highest BCUT2D eigenvalue weighted by Crippen LogP contribution is 2.41. The van der Waals surface area contributed by atoms with E-state index in [0.29, 0.717) is 18.3 Å². The van der Waals surface area contributed by atoms with Crippen LogP contribution in [0.1, 0.15) is 51.9 Å². The Morgan fingerprint density at radius 3 is 2.28 bits per heavy atom. The number of hydrogen-bond donors (Lipinski definition) is 0. The molecule has 2 aliphatic rings. The van der Waals surface area contributed by atoms with E-state index in [-0.39, 0.29) is 8.80 Å². The van der Waals surface area contributed by atoms with Crippen LogP contribution in [-0.4, -0.2) is 15.4 Å². The van der Waals surface area contributed by atoms with Crippen molar-refractivity contribution in [2.45, 2.75) is 70.0 Å². The third-order valence-electron chi connectivity index (χ3n) is 6.52. The van der Waals surface area contributed by atoms with Crippen LogP contribution in [-0.2, 0) is 0 Å². The number of rotatable bonds is 6. The molecule has 0 N–H and O–H groups in total. The first-order valence-electron chi connectivity index (χ1n) is 10.2. The first-order chi connectivity index (χ1) is 12.2. The molecule has 0 aromatic heterocycles. The molecule has 1 saturated carbocycles. The molecule has 1 aromatic rings. The van der Waals surface area contributed by atoms with Gasteiger partial charge in [0.05, 0.1) is 6.61 Å². The molecule has 0 spiro atoms. The van der Waals surface area contributed by atoms with Crippen molar-refractivity contribution in [2.75, 3.05) is 6.61 Å². The van der Waals surface area contributed by atoms with Crippen molar-refractivity contribution in [1.82, 2.24) is 0 Å². The lowest BCUT2D eigenvalue weighted by molar-refractivity contribution is 0.147. The Bertz CT molecular complexity index is 535. The molecule has 1 aliphatic heterocycles. The molecule has 0 unspecified atom stereocenters. The maximum absolute atomic E-state index is 13.2. The predicted molar refractivity (Wildman–Crippen MR) is 102 cm³/mol. The summed E-state index contributed by atoms with van der Waals surface area (Å²) in [5, 5.41) is 0. The highest BCUT2D eigenvalue weighted by molar-refractivity contribution is 6.58. The molecule has 0 bridgehead atoms. The molecule has 1 saturated heterocycles. The average molecular weight is 367 g/mol. The molecule has 1 aromatic carbocycles. The molecule has 140 valence electrons. The molecule has 1 nitrogen and oxygen atoms in total. The number of ether oxygens (including phenoxy) is 1.